The average Bonchev–Trinajstić information content (AvgIpc) is 2.22. The number of rotatable bonds is 6. The van der Waals surface area contributed by atoms with Gasteiger partial charge in [0.05, 0.1) is 0 Å². The first-order chi connectivity index (χ1) is 7.17. The zero-order chi connectivity index (χ0) is 11.7. The molecule has 0 saturated heterocycles. The van der Waals surface area contributed by atoms with E-state index in [0.29, 0.717) is 6.04 Å². The predicted octanol–water partition coefficient (Wildman–Crippen LogP) is 1.73. The lowest BCUT2D eigenvalue weighted by molar-refractivity contribution is 0.336. The Hall–Kier alpha value is -0.770. The van der Waals surface area contributed by atoms with Crippen molar-refractivity contribution in [2.45, 2.75) is 53.0 Å². The van der Waals surface area contributed by atoms with Gasteiger partial charge in [0.1, 0.15) is 0 Å². The van der Waals surface area contributed by atoms with E-state index >= 15 is 0 Å². The number of aliphatic imine (C=N–C) groups is 1. The minimum Gasteiger partial charge on any atom is -0.340 e. The van der Waals surface area contributed by atoms with Crippen LogP contribution in [0.2, 0.25) is 0 Å². The lowest BCUT2D eigenvalue weighted by Crippen LogP contribution is -2.48. The van der Waals surface area contributed by atoms with Crippen molar-refractivity contribution < 1.29 is 0 Å². The Bertz CT molecular complexity index is 177. The van der Waals surface area contributed by atoms with E-state index in [1.54, 1.807) is 0 Å². The Balaban J connectivity index is 4.36. The largest absolute Gasteiger partial charge is 0.340 e. The van der Waals surface area contributed by atoms with Gasteiger partial charge in [0.2, 0.25) is 5.96 Å². The highest BCUT2D eigenvalue weighted by Crippen LogP contribution is 2.01. The third kappa shape index (κ3) is 5.62. The first-order valence-electron chi connectivity index (χ1n) is 5.95. The molecule has 0 aromatic rings. The molecule has 0 fully saturated rings. The van der Waals surface area contributed by atoms with E-state index in [4.69, 9.17) is 5.84 Å². The van der Waals surface area contributed by atoms with Crippen LogP contribution in [0.25, 0.3) is 0 Å². The van der Waals surface area contributed by atoms with Crippen LogP contribution >= 0.6 is 0 Å². The van der Waals surface area contributed by atoms with Crippen LogP contribution in [0.4, 0.5) is 0 Å². The van der Waals surface area contributed by atoms with Gasteiger partial charge in [-0.2, -0.15) is 0 Å². The van der Waals surface area contributed by atoms with Gasteiger partial charge in [0, 0.05) is 19.1 Å². The maximum absolute atomic E-state index is 5.50. The molecule has 3 N–H and O–H groups in total. The molecule has 0 rings (SSSR count). The van der Waals surface area contributed by atoms with Crippen LogP contribution in [0.5, 0.6) is 0 Å². The number of nitrogens with two attached hydrogens (primary N) is 1. The summed E-state index contributed by atoms with van der Waals surface area (Å²) >= 11 is 0. The Labute approximate surface area is 93.9 Å². The van der Waals surface area contributed by atoms with E-state index in [1.165, 1.54) is 0 Å². The summed E-state index contributed by atoms with van der Waals surface area (Å²) in [5.74, 6) is 6.32. The molecule has 4 heteroatoms. The zero-order valence-corrected chi connectivity index (χ0v) is 10.6. The Kier molecular flexibility index (Phi) is 8.09. The van der Waals surface area contributed by atoms with Crippen LogP contribution < -0.4 is 11.3 Å². The predicted molar refractivity (Wildman–Crippen MR) is 66.7 cm³/mol. The van der Waals surface area contributed by atoms with Gasteiger partial charge < -0.3 is 4.90 Å². The molecule has 0 aliphatic carbocycles. The van der Waals surface area contributed by atoms with E-state index in [9.17, 15) is 0 Å². The maximum atomic E-state index is 5.50. The lowest BCUT2D eigenvalue weighted by atomic mass is 10.3. The average molecular weight is 214 g/mol. The van der Waals surface area contributed by atoms with Crippen LogP contribution in [0.3, 0.4) is 0 Å². The molecule has 0 atom stereocenters. The summed E-state index contributed by atoms with van der Waals surface area (Å²) in [5, 5.41) is 0. The van der Waals surface area contributed by atoms with Crippen LogP contribution in [-0.4, -0.2) is 30.0 Å². The fourth-order valence-electron chi connectivity index (χ4n) is 1.41. The van der Waals surface area contributed by atoms with Gasteiger partial charge >= 0.3 is 0 Å². The Morgan fingerprint density at radius 1 is 1.33 bits per heavy atom. The molecule has 0 bridgehead atoms. The highest BCUT2D eigenvalue weighted by molar-refractivity contribution is 5.79. The quantitative estimate of drug-likeness (QED) is 0.233. The SMILES string of the molecule is CCCCN=C(NN)N(CCC)C(C)C. The molecule has 0 unspecified atom stereocenters. The highest BCUT2D eigenvalue weighted by Gasteiger charge is 2.12. The van der Waals surface area contributed by atoms with Gasteiger partial charge in [-0.15, -0.1) is 0 Å². The van der Waals surface area contributed by atoms with E-state index in [-0.39, 0.29) is 0 Å². The molecular weight excluding hydrogens is 188 g/mol. The van der Waals surface area contributed by atoms with Gasteiger partial charge in [-0.3, -0.25) is 10.4 Å². The standard InChI is InChI=1S/C11H26N4/c1-5-7-8-13-11(14-12)15(9-6-2)10(3)4/h10H,5-9,12H2,1-4H3,(H,13,14). The van der Waals surface area contributed by atoms with Crippen LogP contribution in [0, 0.1) is 0 Å². The Morgan fingerprint density at radius 2 is 2.00 bits per heavy atom. The maximum Gasteiger partial charge on any atom is 0.208 e. The number of nitrogens with one attached hydrogen (secondary N) is 1. The van der Waals surface area contributed by atoms with Crippen molar-refractivity contribution >= 4 is 5.96 Å². The summed E-state index contributed by atoms with van der Waals surface area (Å²) in [6, 6.07) is 0.432. The molecule has 0 radical (unpaired) electrons. The van der Waals surface area contributed by atoms with Gasteiger partial charge in [0.15, 0.2) is 0 Å². The van der Waals surface area contributed by atoms with Crippen molar-refractivity contribution in [3.8, 4) is 0 Å². The molecule has 90 valence electrons. The monoisotopic (exact) mass is 214 g/mol. The third-order valence-corrected chi connectivity index (χ3v) is 2.26. The van der Waals surface area contributed by atoms with Crippen molar-refractivity contribution in [2.75, 3.05) is 13.1 Å². The molecule has 15 heavy (non-hydrogen) atoms. The highest BCUT2D eigenvalue weighted by atomic mass is 15.4. The van der Waals surface area contributed by atoms with E-state index in [2.05, 4.69) is 43.0 Å². The minimum atomic E-state index is 0.432. The van der Waals surface area contributed by atoms with Crippen LogP contribution in [0.15, 0.2) is 4.99 Å². The number of guanidine groups is 1. The second-order valence-electron chi connectivity index (χ2n) is 3.99. The van der Waals surface area contributed by atoms with Crippen molar-refractivity contribution in [3.05, 3.63) is 0 Å². The Morgan fingerprint density at radius 3 is 2.40 bits per heavy atom. The zero-order valence-electron chi connectivity index (χ0n) is 10.6. The summed E-state index contributed by atoms with van der Waals surface area (Å²) in [6.45, 7) is 10.5. The second kappa shape index (κ2) is 8.53. The van der Waals surface area contributed by atoms with Crippen LogP contribution in [-0.2, 0) is 0 Å². The molecule has 0 aromatic heterocycles. The van der Waals surface area contributed by atoms with Crippen LogP contribution in [0.1, 0.15) is 47.0 Å². The normalized spacial score (nSPS) is 12.0. The summed E-state index contributed by atoms with van der Waals surface area (Å²) in [5.41, 5.74) is 2.70. The summed E-state index contributed by atoms with van der Waals surface area (Å²) in [6.07, 6.45) is 3.38. The lowest BCUT2D eigenvalue weighted by Gasteiger charge is -2.29. The molecule has 0 saturated carbocycles. The van der Waals surface area contributed by atoms with Crippen molar-refractivity contribution in [3.63, 3.8) is 0 Å². The van der Waals surface area contributed by atoms with Gasteiger partial charge in [-0.25, -0.2) is 5.84 Å². The van der Waals surface area contributed by atoms with Gasteiger partial charge in [-0.05, 0) is 26.7 Å². The van der Waals surface area contributed by atoms with Gasteiger partial charge in [-0.1, -0.05) is 20.3 Å². The van der Waals surface area contributed by atoms with Crippen molar-refractivity contribution in [1.29, 1.82) is 0 Å². The third-order valence-electron chi connectivity index (χ3n) is 2.26. The topological polar surface area (TPSA) is 53.6 Å². The molecule has 0 spiro atoms. The van der Waals surface area contributed by atoms with E-state index in [1.807, 2.05) is 0 Å². The molecule has 0 aromatic carbocycles. The number of hydrogen-bond acceptors (Lipinski definition) is 2. The summed E-state index contributed by atoms with van der Waals surface area (Å²) in [4.78, 5) is 6.68. The number of unbranched alkanes of at least 4 members (excludes halogenated alkanes) is 1. The second-order valence-corrected chi connectivity index (χ2v) is 3.99. The van der Waals surface area contributed by atoms with E-state index in [0.717, 1.165) is 38.3 Å². The van der Waals surface area contributed by atoms with Crippen molar-refractivity contribution in [2.24, 2.45) is 10.8 Å². The first-order valence-corrected chi connectivity index (χ1v) is 5.95. The van der Waals surface area contributed by atoms with E-state index < -0.39 is 0 Å². The molecule has 4 nitrogen and oxygen atoms in total. The molecular formula is C11H26N4. The summed E-state index contributed by atoms with van der Waals surface area (Å²) < 4.78 is 0. The van der Waals surface area contributed by atoms with Gasteiger partial charge in [0.25, 0.3) is 0 Å². The fourth-order valence-corrected chi connectivity index (χ4v) is 1.41. The number of nitrogens with zero attached hydrogens (tertiary/aromatic N) is 2. The smallest absolute Gasteiger partial charge is 0.208 e. The molecule has 0 aliphatic heterocycles. The molecule has 0 aliphatic rings. The molecule has 0 amide bonds. The minimum absolute atomic E-state index is 0.432. The molecule has 0 heterocycles. The fraction of sp³-hybridized carbons (Fsp3) is 0.909. The number of hydrazine groups is 1. The van der Waals surface area contributed by atoms with Crippen molar-refractivity contribution in [1.82, 2.24) is 10.3 Å². The first kappa shape index (κ1) is 14.2. The number of hydrogen-bond donors (Lipinski definition) is 2. The summed E-state index contributed by atoms with van der Waals surface area (Å²) in [7, 11) is 0.